The first-order valence-corrected chi connectivity index (χ1v) is 12.1. The third-order valence-electron chi connectivity index (χ3n) is 5.86. The maximum atomic E-state index is 12.6. The summed E-state index contributed by atoms with van der Waals surface area (Å²) in [4.78, 5) is 24.1. The van der Waals surface area contributed by atoms with E-state index in [0.717, 1.165) is 57.0 Å². The molecule has 10 heteroatoms. The van der Waals surface area contributed by atoms with E-state index in [0.29, 0.717) is 41.3 Å². The van der Waals surface area contributed by atoms with Crippen LogP contribution in [0, 0.1) is 0 Å². The largest absolute Gasteiger partial charge is 0.491 e. The van der Waals surface area contributed by atoms with E-state index in [4.69, 9.17) is 19.2 Å². The van der Waals surface area contributed by atoms with Crippen LogP contribution in [0.5, 0.6) is 11.5 Å². The monoisotopic (exact) mass is 469 g/mol. The van der Waals surface area contributed by atoms with E-state index in [-0.39, 0.29) is 5.91 Å². The second-order valence-electron chi connectivity index (χ2n) is 7.92. The van der Waals surface area contributed by atoms with Gasteiger partial charge in [0, 0.05) is 43.5 Å². The number of fused-ring (bicyclic) bond motifs is 3. The van der Waals surface area contributed by atoms with Gasteiger partial charge in [0.1, 0.15) is 11.3 Å². The number of nitrogens with zero attached hydrogens (tertiary/aromatic N) is 4. The molecule has 0 saturated carbocycles. The zero-order valence-corrected chi connectivity index (χ0v) is 19.4. The minimum Gasteiger partial charge on any atom is -0.491 e. The molecular weight excluding hydrogens is 442 g/mol. The average Bonchev–Trinajstić information content (AvgIpc) is 3.55. The van der Waals surface area contributed by atoms with Gasteiger partial charge in [-0.05, 0) is 30.0 Å². The molecule has 1 fully saturated rings. The Morgan fingerprint density at radius 1 is 1.27 bits per heavy atom. The van der Waals surface area contributed by atoms with E-state index in [1.807, 2.05) is 22.1 Å². The van der Waals surface area contributed by atoms with Gasteiger partial charge in [-0.15, -0.1) is 0 Å². The smallest absolute Gasteiger partial charge is 0.281 e. The van der Waals surface area contributed by atoms with Crippen molar-refractivity contribution in [2.45, 2.75) is 13.0 Å². The van der Waals surface area contributed by atoms with E-state index < -0.39 is 0 Å². The topological polar surface area (TPSA) is 90.2 Å². The molecule has 0 radical (unpaired) electrons. The summed E-state index contributed by atoms with van der Waals surface area (Å²) in [5, 5.41) is 7.96. The Morgan fingerprint density at radius 2 is 2.15 bits per heavy atom. The average molecular weight is 470 g/mol. The zero-order chi connectivity index (χ0) is 22.6. The second-order valence-corrected chi connectivity index (χ2v) is 8.70. The van der Waals surface area contributed by atoms with Crippen molar-refractivity contribution >= 4 is 34.0 Å². The van der Waals surface area contributed by atoms with Gasteiger partial charge < -0.3 is 19.5 Å². The van der Waals surface area contributed by atoms with E-state index in [2.05, 4.69) is 15.2 Å². The Hall–Kier alpha value is -2.95. The molecule has 1 aromatic carbocycles. The van der Waals surface area contributed by atoms with Gasteiger partial charge in [0.05, 0.1) is 32.5 Å². The number of hydrogen-bond acceptors (Lipinski definition) is 8. The van der Waals surface area contributed by atoms with E-state index in [9.17, 15) is 4.79 Å². The predicted molar refractivity (Wildman–Crippen MR) is 126 cm³/mol. The van der Waals surface area contributed by atoms with Crippen LogP contribution in [-0.4, -0.2) is 73.5 Å². The number of nitrogens with one attached hydrogen (secondary N) is 1. The number of carbonyl (C=O) groups is 1. The lowest BCUT2D eigenvalue weighted by atomic mass is 10.2. The van der Waals surface area contributed by atoms with Crippen LogP contribution in [0.4, 0.5) is 5.82 Å². The Bertz CT molecular complexity index is 1200. The molecule has 0 atom stereocenters. The normalized spacial score (nSPS) is 16.6. The molecule has 2 aliphatic rings. The van der Waals surface area contributed by atoms with Crippen LogP contribution < -0.4 is 20.4 Å². The number of aromatic nitrogens is 2. The number of carbonyl (C=O) groups excluding carboxylic acids is 1. The molecule has 174 valence electrons. The molecule has 2 aromatic heterocycles. The maximum absolute atomic E-state index is 12.6. The molecule has 5 rings (SSSR count). The number of amides is 1. The number of methoxy groups -OCH3 is 1. The molecule has 0 bridgehead atoms. The first kappa shape index (κ1) is 21.9. The molecule has 0 unspecified atom stereocenters. The van der Waals surface area contributed by atoms with Gasteiger partial charge in [-0.25, -0.2) is 4.98 Å². The first-order chi connectivity index (χ1) is 16.2. The fourth-order valence-corrected chi connectivity index (χ4v) is 4.81. The maximum Gasteiger partial charge on any atom is 0.281 e. The van der Waals surface area contributed by atoms with Gasteiger partial charge >= 0.3 is 0 Å². The molecular formula is C23H27N5O4S. The van der Waals surface area contributed by atoms with Gasteiger partial charge in [0.2, 0.25) is 5.62 Å². The summed E-state index contributed by atoms with van der Waals surface area (Å²) in [7, 11) is 1.61. The van der Waals surface area contributed by atoms with Crippen LogP contribution in [0.1, 0.15) is 16.8 Å². The summed E-state index contributed by atoms with van der Waals surface area (Å²) >= 11 is 1.47. The van der Waals surface area contributed by atoms with E-state index in [1.54, 1.807) is 18.6 Å². The van der Waals surface area contributed by atoms with Crippen molar-refractivity contribution in [3.63, 3.8) is 0 Å². The summed E-state index contributed by atoms with van der Waals surface area (Å²) < 4.78 is 19.1. The third-order valence-corrected chi connectivity index (χ3v) is 6.54. The summed E-state index contributed by atoms with van der Waals surface area (Å²) in [5.41, 5.74) is 1.55. The number of ether oxygens (including phenoxy) is 3. The molecule has 0 aliphatic carbocycles. The van der Waals surface area contributed by atoms with Crippen LogP contribution in [0.15, 0.2) is 34.0 Å². The van der Waals surface area contributed by atoms with Gasteiger partial charge in [-0.3, -0.25) is 14.3 Å². The first-order valence-electron chi connectivity index (χ1n) is 11.1. The highest BCUT2D eigenvalue weighted by molar-refractivity contribution is 7.08. The quantitative estimate of drug-likeness (QED) is 0.532. The molecule has 3 aromatic rings. The van der Waals surface area contributed by atoms with Crippen LogP contribution in [0.3, 0.4) is 0 Å². The van der Waals surface area contributed by atoms with Crippen LogP contribution in [0.2, 0.25) is 0 Å². The number of benzene rings is 1. The fourth-order valence-electron chi connectivity index (χ4n) is 4.18. The Labute approximate surface area is 195 Å². The lowest BCUT2D eigenvalue weighted by Crippen LogP contribution is -2.37. The summed E-state index contributed by atoms with van der Waals surface area (Å²) in [6.45, 7) is 6.51. The summed E-state index contributed by atoms with van der Waals surface area (Å²) in [6.07, 6.45) is 0.909. The van der Waals surface area contributed by atoms with Crippen LogP contribution in [0.25, 0.3) is 10.9 Å². The van der Waals surface area contributed by atoms with Crippen LogP contribution in [-0.2, 0) is 11.3 Å². The molecule has 1 saturated heterocycles. The zero-order valence-electron chi connectivity index (χ0n) is 18.6. The Balaban J connectivity index is 1.43. The highest BCUT2D eigenvalue weighted by Crippen LogP contribution is 2.37. The number of hydrogen-bond donors (Lipinski definition) is 1. The molecule has 0 spiro atoms. The molecule has 9 nitrogen and oxygen atoms in total. The summed E-state index contributed by atoms with van der Waals surface area (Å²) in [6, 6.07) is 5.67. The minimum absolute atomic E-state index is 0.306. The van der Waals surface area contributed by atoms with E-state index >= 15 is 0 Å². The predicted octanol–water partition coefficient (Wildman–Crippen LogP) is 2.37. The lowest BCUT2D eigenvalue weighted by molar-refractivity contribution is 0.0357. The van der Waals surface area contributed by atoms with Crippen molar-refractivity contribution in [3.05, 3.63) is 40.1 Å². The molecule has 1 amide bonds. The lowest BCUT2D eigenvalue weighted by Gasteiger charge is -2.26. The van der Waals surface area contributed by atoms with Crippen molar-refractivity contribution < 1.29 is 19.0 Å². The number of morpholine rings is 1. The molecule has 4 heterocycles. The molecule has 2 aliphatic heterocycles. The van der Waals surface area contributed by atoms with Crippen molar-refractivity contribution in [1.29, 1.82) is 0 Å². The Morgan fingerprint density at radius 3 is 2.94 bits per heavy atom. The molecule has 33 heavy (non-hydrogen) atoms. The van der Waals surface area contributed by atoms with Crippen molar-refractivity contribution in [1.82, 2.24) is 14.5 Å². The van der Waals surface area contributed by atoms with Crippen molar-refractivity contribution in [2.75, 3.05) is 58.4 Å². The standard InChI is InChI=1S/C23H27N5O4S/c1-30-20-18(32-11-2-7-27-9-12-31-13-10-27)4-3-17-19(20)25-23(28-8-6-24-21(17)28)26-22(29)16-5-14-33-15-16/h3-5,14-15,24H,2,6-13H2,1H3. The Kier molecular flexibility index (Phi) is 6.56. The number of rotatable bonds is 7. The minimum atomic E-state index is -0.306. The van der Waals surface area contributed by atoms with Crippen LogP contribution >= 0.6 is 11.3 Å². The summed E-state index contributed by atoms with van der Waals surface area (Å²) in [5.74, 6) is 1.76. The van der Waals surface area contributed by atoms with Gasteiger partial charge in [-0.2, -0.15) is 16.3 Å². The SMILES string of the molecule is COc1c(OCCCN2CCOCC2)ccc2c3n(c(=NC(=O)c4ccsc4)nc12)CCN3. The van der Waals surface area contributed by atoms with Gasteiger partial charge in [0.25, 0.3) is 5.91 Å². The van der Waals surface area contributed by atoms with Gasteiger partial charge in [-0.1, -0.05) is 0 Å². The van der Waals surface area contributed by atoms with Crippen molar-refractivity contribution in [2.24, 2.45) is 4.99 Å². The fraction of sp³-hybridized carbons (Fsp3) is 0.435. The second kappa shape index (κ2) is 9.90. The van der Waals surface area contributed by atoms with Crippen molar-refractivity contribution in [3.8, 4) is 11.5 Å². The highest BCUT2D eigenvalue weighted by Gasteiger charge is 2.21. The highest BCUT2D eigenvalue weighted by atomic mass is 32.1. The third kappa shape index (κ3) is 4.59. The number of thiophene rings is 1. The molecule has 1 N–H and O–H groups in total. The van der Waals surface area contributed by atoms with Gasteiger partial charge in [0.15, 0.2) is 11.5 Å². The van der Waals surface area contributed by atoms with E-state index in [1.165, 1.54) is 11.3 Å². The number of anilines is 1.